The summed E-state index contributed by atoms with van der Waals surface area (Å²) >= 11 is 0. The van der Waals surface area contributed by atoms with E-state index in [9.17, 15) is 8.42 Å². The van der Waals surface area contributed by atoms with E-state index in [2.05, 4.69) is 4.98 Å². The van der Waals surface area contributed by atoms with E-state index >= 15 is 0 Å². The van der Waals surface area contributed by atoms with Crippen LogP contribution < -0.4 is 9.47 Å². The smallest absolute Gasteiger partial charge is 0.243 e. The van der Waals surface area contributed by atoms with E-state index in [1.165, 1.54) is 7.11 Å². The molecule has 138 valence electrons. The molecule has 6 nitrogen and oxygen atoms in total. The summed E-state index contributed by atoms with van der Waals surface area (Å²) in [4.78, 5) is 4.36. The van der Waals surface area contributed by atoms with Crippen LogP contribution in [0.1, 0.15) is 25.7 Å². The van der Waals surface area contributed by atoms with Gasteiger partial charge in [-0.1, -0.05) is 6.07 Å². The topological polar surface area (TPSA) is 68.7 Å². The third-order valence-corrected chi connectivity index (χ3v) is 7.18. The van der Waals surface area contributed by atoms with Crippen LogP contribution in [0.2, 0.25) is 0 Å². The Morgan fingerprint density at radius 3 is 2.46 bits per heavy atom. The van der Waals surface area contributed by atoms with E-state index in [4.69, 9.17) is 9.47 Å². The van der Waals surface area contributed by atoms with Crippen molar-refractivity contribution < 1.29 is 17.9 Å². The van der Waals surface area contributed by atoms with E-state index in [0.29, 0.717) is 23.5 Å². The summed E-state index contributed by atoms with van der Waals surface area (Å²) < 4.78 is 39.3. The molecule has 2 saturated heterocycles. The van der Waals surface area contributed by atoms with Crippen molar-refractivity contribution in [2.75, 3.05) is 7.11 Å². The van der Waals surface area contributed by atoms with Crippen LogP contribution in [-0.2, 0) is 10.0 Å². The fourth-order valence-electron chi connectivity index (χ4n) is 4.07. The second kappa shape index (κ2) is 6.89. The molecule has 7 heteroatoms. The first kappa shape index (κ1) is 17.3. The van der Waals surface area contributed by atoms with Crippen LogP contribution in [0.4, 0.5) is 0 Å². The zero-order chi connectivity index (χ0) is 18.1. The molecular weight excluding hydrogens is 352 g/mol. The first-order valence-electron chi connectivity index (χ1n) is 8.82. The van der Waals surface area contributed by atoms with Gasteiger partial charge in [0.2, 0.25) is 10.0 Å². The lowest BCUT2D eigenvalue weighted by Crippen LogP contribution is -2.49. The number of fused-ring (bicyclic) bond motifs is 2. The standard InChI is InChI=1S/C19H22N2O4S/c1-24-16-4-2-6-19(12-16)26(22,23)21-14-7-8-15(21)11-18(10-14)25-17-5-3-9-20-13-17/h2-6,9,12-15,18H,7-8,10-11H2,1H3. The first-order chi connectivity index (χ1) is 12.6. The van der Waals surface area contributed by atoms with E-state index in [1.807, 2.05) is 12.1 Å². The molecule has 0 saturated carbocycles. The average Bonchev–Trinajstić information content (AvgIpc) is 2.95. The second-order valence-corrected chi connectivity index (χ2v) is 8.64. The summed E-state index contributed by atoms with van der Waals surface area (Å²) in [5.41, 5.74) is 0. The Balaban J connectivity index is 1.54. The molecule has 1 aromatic carbocycles. The zero-order valence-corrected chi connectivity index (χ0v) is 15.4. The normalized spacial score (nSPS) is 25.8. The number of hydrogen-bond acceptors (Lipinski definition) is 5. The number of pyridine rings is 1. The van der Waals surface area contributed by atoms with Crippen molar-refractivity contribution in [3.05, 3.63) is 48.8 Å². The van der Waals surface area contributed by atoms with Gasteiger partial charge in [-0.2, -0.15) is 4.31 Å². The molecule has 2 aliphatic heterocycles. The van der Waals surface area contributed by atoms with Crippen LogP contribution in [0.15, 0.2) is 53.7 Å². The van der Waals surface area contributed by atoms with Crippen molar-refractivity contribution in [1.82, 2.24) is 9.29 Å². The minimum Gasteiger partial charge on any atom is -0.497 e. The molecule has 0 amide bonds. The summed E-state index contributed by atoms with van der Waals surface area (Å²) in [6.07, 6.45) is 6.58. The fraction of sp³-hybridized carbons (Fsp3) is 0.421. The fourth-order valence-corrected chi connectivity index (χ4v) is 5.99. The maximum atomic E-state index is 13.2. The van der Waals surface area contributed by atoms with Crippen molar-refractivity contribution in [1.29, 1.82) is 0 Å². The van der Waals surface area contributed by atoms with Gasteiger partial charge in [0, 0.05) is 37.2 Å². The summed E-state index contributed by atoms with van der Waals surface area (Å²) in [5, 5.41) is 0. The number of ether oxygens (including phenoxy) is 2. The Morgan fingerprint density at radius 2 is 1.81 bits per heavy atom. The van der Waals surface area contributed by atoms with E-state index < -0.39 is 10.0 Å². The van der Waals surface area contributed by atoms with Crippen molar-refractivity contribution in [2.45, 2.75) is 48.8 Å². The molecule has 0 aliphatic carbocycles. The summed E-state index contributed by atoms with van der Waals surface area (Å²) in [6, 6.07) is 10.4. The summed E-state index contributed by atoms with van der Waals surface area (Å²) in [5.74, 6) is 1.29. The van der Waals surface area contributed by atoms with Crippen molar-refractivity contribution in [3.63, 3.8) is 0 Å². The number of piperidine rings is 1. The maximum absolute atomic E-state index is 13.2. The van der Waals surface area contributed by atoms with Gasteiger partial charge in [-0.25, -0.2) is 8.42 Å². The van der Waals surface area contributed by atoms with Gasteiger partial charge in [0.15, 0.2) is 0 Å². The SMILES string of the molecule is COc1cccc(S(=O)(=O)N2C3CCC2CC(Oc2cccnc2)C3)c1. The van der Waals surface area contributed by atoms with Gasteiger partial charge in [-0.05, 0) is 37.1 Å². The molecule has 3 heterocycles. The zero-order valence-electron chi connectivity index (χ0n) is 14.6. The second-order valence-electron chi connectivity index (χ2n) is 6.80. The Labute approximate surface area is 153 Å². The molecule has 0 spiro atoms. The van der Waals surface area contributed by atoms with Gasteiger partial charge in [-0.3, -0.25) is 4.98 Å². The molecule has 2 unspecified atom stereocenters. The number of benzene rings is 1. The van der Waals surface area contributed by atoms with Crippen LogP contribution in [0.3, 0.4) is 0 Å². The molecule has 0 N–H and O–H groups in total. The maximum Gasteiger partial charge on any atom is 0.243 e. The van der Waals surface area contributed by atoms with Gasteiger partial charge in [0.25, 0.3) is 0 Å². The van der Waals surface area contributed by atoms with Crippen LogP contribution in [-0.4, -0.2) is 43.0 Å². The van der Waals surface area contributed by atoms with Crippen molar-refractivity contribution in [3.8, 4) is 11.5 Å². The van der Waals surface area contributed by atoms with Gasteiger partial charge in [0.1, 0.15) is 17.6 Å². The monoisotopic (exact) mass is 374 g/mol. The minimum atomic E-state index is -3.54. The van der Waals surface area contributed by atoms with Crippen LogP contribution in [0.5, 0.6) is 11.5 Å². The number of methoxy groups -OCH3 is 1. The number of rotatable bonds is 5. The third-order valence-electron chi connectivity index (χ3n) is 5.18. The molecule has 0 radical (unpaired) electrons. The molecule has 26 heavy (non-hydrogen) atoms. The number of nitrogens with zero attached hydrogens (tertiary/aromatic N) is 2. The van der Waals surface area contributed by atoms with Crippen LogP contribution in [0.25, 0.3) is 0 Å². The highest BCUT2D eigenvalue weighted by atomic mass is 32.2. The predicted octanol–water partition coefficient (Wildman–Crippen LogP) is 2.85. The van der Waals surface area contributed by atoms with E-state index in [1.54, 1.807) is 41.0 Å². The number of sulfonamides is 1. The Morgan fingerprint density at radius 1 is 1.08 bits per heavy atom. The van der Waals surface area contributed by atoms with Gasteiger partial charge >= 0.3 is 0 Å². The summed E-state index contributed by atoms with van der Waals surface area (Å²) in [6.45, 7) is 0. The van der Waals surface area contributed by atoms with Crippen LogP contribution in [0, 0.1) is 0 Å². The van der Waals surface area contributed by atoms with Gasteiger partial charge in [0.05, 0.1) is 18.2 Å². The lowest BCUT2D eigenvalue weighted by Gasteiger charge is -2.37. The van der Waals surface area contributed by atoms with Crippen molar-refractivity contribution >= 4 is 10.0 Å². The number of hydrogen-bond donors (Lipinski definition) is 0. The summed E-state index contributed by atoms with van der Waals surface area (Å²) in [7, 11) is -2.00. The van der Waals surface area contributed by atoms with Crippen LogP contribution >= 0.6 is 0 Å². The highest BCUT2D eigenvalue weighted by Gasteiger charge is 2.47. The van der Waals surface area contributed by atoms with E-state index in [0.717, 1.165) is 18.6 Å². The predicted molar refractivity (Wildman–Crippen MR) is 96.7 cm³/mol. The Hall–Kier alpha value is -2.12. The molecular formula is C19H22N2O4S. The lowest BCUT2D eigenvalue weighted by atomic mass is 10.0. The molecule has 2 aliphatic rings. The molecule has 2 atom stereocenters. The molecule has 4 rings (SSSR count). The molecule has 2 fully saturated rings. The Bertz CT molecular complexity index is 858. The quantitative estimate of drug-likeness (QED) is 0.805. The highest BCUT2D eigenvalue weighted by molar-refractivity contribution is 7.89. The van der Waals surface area contributed by atoms with Gasteiger partial charge in [-0.15, -0.1) is 0 Å². The minimum absolute atomic E-state index is 0.0216. The lowest BCUT2D eigenvalue weighted by molar-refractivity contribution is 0.0953. The molecule has 2 aromatic rings. The average molecular weight is 374 g/mol. The van der Waals surface area contributed by atoms with Gasteiger partial charge < -0.3 is 9.47 Å². The Kier molecular flexibility index (Phi) is 4.58. The number of aromatic nitrogens is 1. The molecule has 2 bridgehead atoms. The largest absolute Gasteiger partial charge is 0.497 e. The first-order valence-corrected chi connectivity index (χ1v) is 10.3. The third kappa shape index (κ3) is 3.17. The highest BCUT2D eigenvalue weighted by Crippen LogP contribution is 2.41. The van der Waals surface area contributed by atoms with E-state index in [-0.39, 0.29) is 18.2 Å². The molecule has 1 aromatic heterocycles. The van der Waals surface area contributed by atoms with Crippen molar-refractivity contribution in [2.24, 2.45) is 0 Å².